The van der Waals surface area contributed by atoms with E-state index in [1.54, 1.807) is 0 Å². The molecular formula is C22H21N. The highest BCUT2D eigenvalue weighted by Crippen LogP contribution is 2.42. The Balaban J connectivity index is 1.88. The molecule has 0 spiro atoms. The van der Waals surface area contributed by atoms with Crippen molar-refractivity contribution in [2.45, 2.75) is 26.2 Å². The third-order valence-corrected chi connectivity index (χ3v) is 4.87. The van der Waals surface area contributed by atoms with E-state index in [1.165, 1.54) is 38.9 Å². The van der Waals surface area contributed by atoms with Crippen LogP contribution in [0.1, 0.15) is 36.5 Å². The van der Waals surface area contributed by atoms with Gasteiger partial charge in [-0.25, -0.2) is 0 Å². The van der Waals surface area contributed by atoms with E-state index in [9.17, 15) is 0 Å². The van der Waals surface area contributed by atoms with Crippen molar-refractivity contribution < 1.29 is 0 Å². The maximum Gasteiger partial charge on any atom is 0.0349 e. The fourth-order valence-corrected chi connectivity index (χ4v) is 3.67. The minimum atomic E-state index is 0.434. The summed E-state index contributed by atoms with van der Waals surface area (Å²) in [6.07, 6.45) is 1.02. The molecule has 23 heavy (non-hydrogen) atoms. The molecule has 0 saturated heterocycles. The first-order valence-electron chi connectivity index (χ1n) is 8.25. The third kappa shape index (κ3) is 2.24. The van der Waals surface area contributed by atoms with Crippen LogP contribution in [0.3, 0.4) is 0 Å². The highest BCUT2D eigenvalue weighted by atomic mass is 14.6. The summed E-state index contributed by atoms with van der Waals surface area (Å²) in [6.45, 7) is 4.39. The van der Waals surface area contributed by atoms with E-state index in [1.807, 2.05) is 6.07 Å². The molecule has 0 aliphatic heterocycles. The van der Waals surface area contributed by atoms with Gasteiger partial charge in [-0.1, -0.05) is 62.4 Å². The Bertz CT molecular complexity index is 890. The van der Waals surface area contributed by atoms with Crippen LogP contribution < -0.4 is 5.73 Å². The predicted octanol–water partition coefficient (Wildman–Crippen LogP) is 5.63. The van der Waals surface area contributed by atoms with Gasteiger partial charge < -0.3 is 5.73 Å². The van der Waals surface area contributed by atoms with Crippen LogP contribution in [-0.4, -0.2) is 0 Å². The molecule has 0 fully saturated rings. The fraction of sp³-hybridized carbons (Fsp3) is 0.182. The van der Waals surface area contributed by atoms with Crippen molar-refractivity contribution in [3.8, 4) is 22.3 Å². The standard InChI is InChI=1S/C22H21N/c1-14(2)20-12-16(10-11-22(20)23)18-8-5-9-19-17-7-4-3-6-15(17)13-21(18)19/h3-12,14H,13,23H2,1-2H3. The Morgan fingerprint density at radius 2 is 1.57 bits per heavy atom. The van der Waals surface area contributed by atoms with Crippen LogP contribution in [0.15, 0.2) is 60.7 Å². The van der Waals surface area contributed by atoms with Gasteiger partial charge in [-0.2, -0.15) is 0 Å². The van der Waals surface area contributed by atoms with E-state index >= 15 is 0 Å². The second kappa shape index (κ2) is 5.27. The summed E-state index contributed by atoms with van der Waals surface area (Å²) in [5.41, 5.74) is 16.5. The lowest BCUT2D eigenvalue weighted by atomic mass is 9.92. The molecule has 3 aromatic carbocycles. The van der Waals surface area contributed by atoms with Crippen molar-refractivity contribution in [2.75, 3.05) is 5.73 Å². The lowest BCUT2D eigenvalue weighted by Gasteiger charge is -2.14. The summed E-state index contributed by atoms with van der Waals surface area (Å²) >= 11 is 0. The Morgan fingerprint density at radius 3 is 2.39 bits per heavy atom. The molecular weight excluding hydrogens is 278 g/mol. The topological polar surface area (TPSA) is 26.0 Å². The summed E-state index contributed by atoms with van der Waals surface area (Å²) in [5, 5.41) is 0. The minimum Gasteiger partial charge on any atom is -0.398 e. The normalized spacial score (nSPS) is 12.3. The number of benzene rings is 3. The van der Waals surface area contributed by atoms with Gasteiger partial charge in [0.25, 0.3) is 0 Å². The Kier molecular flexibility index (Phi) is 3.23. The first-order chi connectivity index (χ1) is 11.1. The van der Waals surface area contributed by atoms with E-state index in [0.717, 1.165) is 12.1 Å². The van der Waals surface area contributed by atoms with Gasteiger partial charge in [-0.05, 0) is 63.4 Å². The van der Waals surface area contributed by atoms with Crippen molar-refractivity contribution in [1.82, 2.24) is 0 Å². The molecule has 0 aromatic heterocycles. The molecule has 1 aliphatic carbocycles. The lowest BCUT2D eigenvalue weighted by molar-refractivity contribution is 0.870. The van der Waals surface area contributed by atoms with Crippen molar-refractivity contribution in [2.24, 2.45) is 0 Å². The van der Waals surface area contributed by atoms with E-state index < -0.39 is 0 Å². The van der Waals surface area contributed by atoms with Crippen molar-refractivity contribution >= 4 is 5.69 Å². The molecule has 0 atom stereocenters. The molecule has 0 heterocycles. The van der Waals surface area contributed by atoms with Gasteiger partial charge in [0, 0.05) is 5.69 Å². The molecule has 0 radical (unpaired) electrons. The van der Waals surface area contributed by atoms with Crippen LogP contribution in [0.5, 0.6) is 0 Å². The second-order valence-electron chi connectivity index (χ2n) is 6.66. The van der Waals surface area contributed by atoms with Crippen LogP contribution in [0.25, 0.3) is 22.3 Å². The molecule has 0 amide bonds. The maximum atomic E-state index is 6.15. The zero-order chi connectivity index (χ0) is 16.0. The average Bonchev–Trinajstić information content (AvgIpc) is 2.94. The summed E-state index contributed by atoms with van der Waals surface area (Å²) in [7, 11) is 0. The number of nitrogens with two attached hydrogens (primary N) is 1. The Morgan fingerprint density at radius 1 is 0.826 bits per heavy atom. The highest BCUT2D eigenvalue weighted by molar-refractivity contribution is 5.85. The van der Waals surface area contributed by atoms with Crippen LogP contribution in [0.4, 0.5) is 5.69 Å². The summed E-state index contributed by atoms with van der Waals surface area (Å²) in [6, 6.07) is 21.8. The van der Waals surface area contributed by atoms with Crippen molar-refractivity contribution in [1.29, 1.82) is 0 Å². The molecule has 0 bridgehead atoms. The average molecular weight is 299 g/mol. The van der Waals surface area contributed by atoms with Gasteiger partial charge in [-0.3, -0.25) is 0 Å². The number of fused-ring (bicyclic) bond motifs is 3. The van der Waals surface area contributed by atoms with Gasteiger partial charge in [0.15, 0.2) is 0 Å². The number of nitrogen functional groups attached to an aromatic ring is 1. The Labute approximate surface area is 137 Å². The van der Waals surface area contributed by atoms with Gasteiger partial charge in [0.2, 0.25) is 0 Å². The first kappa shape index (κ1) is 14.1. The fourth-order valence-electron chi connectivity index (χ4n) is 3.67. The minimum absolute atomic E-state index is 0.434. The number of hydrogen-bond acceptors (Lipinski definition) is 1. The van der Waals surface area contributed by atoms with E-state index in [2.05, 4.69) is 68.4 Å². The molecule has 0 unspecified atom stereocenters. The maximum absolute atomic E-state index is 6.15. The van der Waals surface area contributed by atoms with Crippen LogP contribution >= 0.6 is 0 Å². The monoisotopic (exact) mass is 299 g/mol. The van der Waals surface area contributed by atoms with Gasteiger partial charge in [0.05, 0.1) is 0 Å². The zero-order valence-corrected chi connectivity index (χ0v) is 13.6. The molecule has 1 nitrogen and oxygen atoms in total. The number of anilines is 1. The molecule has 0 saturated carbocycles. The first-order valence-corrected chi connectivity index (χ1v) is 8.25. The molecule has 114 valence electrons. The van der Waals surface area contributed by atoms with Crippen LogP contribution in [0, 0.1) is 0 Å². The Hall–Kier alpha value is -2.54. The largest absolute Gasteiger partial charge is 0.398 e. The smallest absolute Gasteiger partial charge is 0.0349 e. The molecule has 4 rings (SSSR count). The van der Waals surface area contributed by atoms with E-state index in [0.29, 0.717) is 5.92 Å². The van der Waals surface area contributed by atoms with E-state index in [4.69, 9.17) is 5.73 Å². The molecule has 3 aromatic rings. The second-order valence-corrected chi connectivity index (χ2v) is 6.66. The van der Waals surface area contributed by atoms with Crippen LogP contribution in [0.2, 0.25) is 0 Å². The lowest BCUT2D eigenvalue weighted by Crippen LogP contribution is -1.97. The predicted molar refractivity (Wildman–Crippen MR) is 98.6 cm³/mol. The third-order valence-electron chi connectivity index (χ3n) is 4.87. The van der Waals surface area contributed by atoms with Gasteiger partial charge in [-0.15, -0.1) is 0 Å². The SMILES string of the molecule is CC(C)c1cc(-c2cccc3c2Cc2ccccc2-3)ccc1N. The highest BCUT2D eigenvalue weighted by Gasteiger charge is 2.21. The summed E-state index contributed by atoms with van der Waals surface area (Å²) in [5.74, 6) is 0.434. The van der Waals surface area contributed by atoms with Gasteiger partial charge >= 0.3 is 0 Å². The molecule has 2 N–H and O–H groups in total. The summed E-state index contributed by atoms with van der Waals surface area (Å²) in [4.78, 5) is 0. The summed E-state index contributed by atoms with van der Waals surface area (Å²) < 4.78 is 0. The van der Waals surface area contributed by atoms with Gasteiger partial charge in [0.1, 0.15) is 0 Å². The number of rotatable bonds is 2. The van der Waals surface area contributed by atoms with Crippen molar-refractivity contribution in [3.05, 3.63) is 77.4 Å². The molecule has 1 heteroatoms. The van der Waals surface area contributed by atoms with E-state index in [-0.39, 0.29) is 0 Å². The number of hydrogen-bond donors (Lipinski definition) is 1. The van der Waals surface area contributed by atoms with Crippen molar-refractivity contribution in [3.63, 3.8) is 0 Å². The quantitative estimate of drug-likeness (QED) is 0.477. The zero-order valence-electron chi connectivity index (χ0n) is 13.6. The molecule has 1 aliphatic rings. The van der Waals surface area contributed by atoms with Crippen LogP contribution in [-0.2, 0) is 6.42 Å².